The smallest absolute Gasteiger partial charge is 0.410 e. The van der Waals surface area contributed by atoms with Crippen LogP contribution in [0.4, 0.5) is 10.7 Å². The molecule has 8 heteroatoms. The number of halogens is 1. The van der Waals surface area contributed by atoms with Gasteiger partial charge >= 0.3 is 6.09 Å². The summed E-state index contributed by atoms with van der Waals surface area (Å²) in [4.78, 5) is 24.8. The van der Waals surface area contributed by atoms with Gasteiger partial charge in [0.15, 0.2) is 0 Å². The van der Waals surface area contributed by atoms with E-state index in [0.29, 0.717) is 32.2 Å². The molecule has 1 aromatic heterocycles. The van der Waals surface area contributed by atoms with Crippen LogP contribution >= 0.6 is 15.9 Å². The average molecular weight is 387 g/mol. The van der Waals surface area contributed by atoms with E-state index in [-0.39, 0.29) is 12.1 Å². The zero-order chi connectivity index (χ0) is 17.0. The molecular weight excluding hydrogens is 364 g/mol. The summed E-state index contributed by atoms with van der Waals surface area (Å²) in [6, 6.07) is -0.101. The molecule has 0 aromatic carbocycles. The van der Waals surface area contributed by atoms with E-state index in [2.05, 4.69) is 30.8 Å². The lowest BCUT2D eigenvalue weighted by molar-refractivity contribution is 0.00332. The van der Waals surface area contributed by atoms with Crippen LogP contribution in [0.5, 0.6) is 0 Å². The molecule has 0 saturated carbocycles. The highest BCUT2D eigenvalue weighted by Gasteiger charge is 2.34. The molecule has 1 saturated heterocycles. The van der Waals surface area contributed by atoms with E-state index in [1.165, 1.54) is 0 Å². The largest absolute Gasteiger partial charge is 0.444 e. The zero-order valence-electron chi connectivity index (χ0n) is 14.0. The molecule has 1 aliphatic heterocycles. The molecule has 7 nitrogen and oxygen atoms in total. The molecule has 0 N–H and O–H groups in total. The second kappa shape index (κ2) is 7.44. The highest BCUT2D eigenvalue weighted by molar-refractivity contribution is 9.10. The molecule has 2 rings (SSSR count). The van der Waals surface area contributed by atoms with Gasteiger partial charge in [0.2, 0.25) is 5.95 Å². The minimum absolute atomic E-state index is 0.101. The quantitative estimate of drug-likeness (QED) is 0.793. The molecule has 0 aliphatic carbocycles. The van der Waals surface area contributed by atoms with Gasteiger partial charge in [0.25, 0.3) is 0 Å². The van der Waals surface area contributed by atoms with E-state index in [4.69, 9.17) is 9.47 Å². The van der Waals surface area contributed by atoms with Gasteiger partial charge in [-0.05, 0) is 36.7 Å². The Bertz CT molecular complexity index is 533. The third-order valence-corrected chi connectivity index (χ3v) is 3.77. The number of aromatic nitrogens is 2. The highest BCUT2D eigenvalue weighted by atomic mass is 79.9. The van der Waals surface area contributed by atoms with Crippen molar-refractivity contribution in [1.82, 2.24) is 14.9 Å². The predicted octanol–water partition coefficient (Wildman–Crippen LogP) is 2.31. The van der Waals surface area contributed by atoms with Crippen molar-refractivity contribution in [1.29, 1.82) is 0 Å². The zero-order valence-corrected chi connectivity index (χ0v) is 15.5. The van der Waals surface area contributed by atoms with Crippen LogP contribution < -0.4 is 4.90 Å². The lowest BCUT2D eigenvalue weighted by Crippen LogP contribution is -2.58. The number of anilines is 1. The van der Waals surface area contributed by atoms with Gasteiger partial charge in [0, 0.05) is 39.1 Å². The first kappa shape index (κ1) is 17.9. The predicted molar refractivity (Wildman–Crippen MR) is 90.5 cm³/mol. The van der Waals surface area contributed by atoms with Crippen molar-refractivity contribution >= 4 is 28.0 Å². The molecule has 1 fully saturated rings. The highest BCUT2D eigenvalue weighted by Crippen LogP contribution is 2.19. The normalized spacial score (nSPS) is 18.9. The fourth-order valence-corrected chi connectivity index (χ4v) is 2.61. The Kier molecular flexibility index (Phi) is 5.80. The number of hydrogen-bond donors (Lipinski definition) is 0. The minimum Gasteiger partial charge on any atom is -0.444 e. The van der Waals surface area contributed by atoms with E-state index in [0.717, 1.165) is 4.47 Å². The van der Waals surface area contributed by atoms with Crippen molar-refractivity contribution in [2.75, 3.05) is 38.3 Å². The number of rotatable bonds is 3. The summed E-state index contributed by atoms with van der Waals surface area (Å²) in [5.74, 6) is 0.651. The van der Waals surface area contributed by atoms with E-state index >= 15 is 0 Å². The van der Waals surface area contributed by atoms with E-state index < -0.39 is 5.60 Å². The van der Waals surface area contributed by atoms with Crippen molar-refractivity contribution in [2.24, 2.45) is 0 Å². The van der Waals surface area contributed by atoms with Crippen LogP contribution in [0.15, 0.2) is 16.9 Å². The Labute approximate surface area is 145 Å². The second-order valence-corrected chi connectivity index (χ2v) is 7.35. The van der Waals surface area contributed by atoms with Crippen LogP contribution in [0.3, 0.4) is 0 Å². The summed E-state index contributed by atoms with van der Waals surface area (Å²) in [6.07, 6.45) is 3.12. The van der Waals surface area contributed by atoms with Gasteiger partial charge in [-0.1, -0.05) is 0 Å². The first-order chi connectivity index (χ1) is 10.8. The molecule has 23 heavy (non-hydrogen) atoms. The van der Waals surface area contributed by atoms with Gasteiger partial charge in [-0.15, -0.1) is 0 Å². The first-order valence-electron chi connectivity index (χ1n) is 7.51. The monoisotopic (exact) mass is 386 g/mol. The molecule has 1 aliphatic rings. The molecule has 2 heterocycles. The van der Waals surface area contributed by atoms with Crippen molar-refractivity contribution < 1.29 is 14.3 Å². The van der Waals surface area contributed by atoms with Gasteiger partial charge in [-0.2, -0.15) is 0 Å². The van der Waals surface area contributed by atoms with Gasteiger partial charge in [0.1, 0.15) is 5.60 Å². The Morgan fingerprint density at radius 3 is 2.57 bits per heavy atom. The lowest BCUT2D eigenvalue weighted by atomic mass is 10.2. The van der Waals surface area contributed by atoms with Gasteiger partial charge < -0.3 is 14.4 Å². The first-order valence-corrected chi connectivity index (χ1v) is 8.30. The summed E-state index contributed by atoms with van der Waals surface area (Å²) in [5.41, 5.74) is -0.513. The fourth-order valence-electron chi connectivity index (χ4n) is 2.40. The summed E-state index contributed by atoms with van der Waals surface area (Å²) in [6.45, 7) is 7.83. The summed E-state index contributed by atoms with van der Waals surface area (Å²) < 4.78 is 11.6. The number of amides is 1. The molecular formula is C15H23BrN4O3. The number of hydrogen-bond acceptors (Lipinski definition) is 6. The second-order valence-electron chi connectivity index (χ2n) is 6.43. The van der Waals surface area contributed by atoms with Gasteiger partial charge in [-0.25, -0.2) is 14.8 Å². The Balaban J connectivity index is 2.08. The van der Waals surface area contributed by atoms with Crippen molar-refractivity contribution in [3.8, 4) is 0 Å². The number of nitrogens with zero attached hydrogens (tertiary/aromatic N) is 4. The number of carbonyl (C=O) groups excluding carboxylic acids is 1. The standard InChI is InChI=1S/C15H23BrN4O3/c1-15(2,3)23-14(21)20-6-5-19(9-12(20)10-22-4)13-17-7-11(16)8-18-13/h7-8,12H,5-6,9-10H2,1-4H3/t12-/m1/s1. The Hall–Kier alpha value is -1.41. The van der Waals surface area contributed by atoms with Crippen molar-refractivity contribution in [3.63, 3.8) is 0 Å². The fraction of sp³-hybridized carbons (Fsp3) is 0.667. The average Bonchev–Trinajstić information content (AvgIpc) is 2.46. The molecule has 1 atom stereocenters. The maximum Gasteiger partial charge on any atom is 0.410 e. The number of piperazine rings is 1. The lowest BCUT2D eigenvalue weighted by Gasteiger charge is -2.41. The summed E-state index contributed by atoms with van der Waals surface area (Å²) in [7, 11) is 1.63. The molecule has 0 spiro atoms. The minimum atomic E-state index is -0.513. The molecule has 0 unspecified atom stereocenters. The van der Waals surface area contributed by atoms with Crippen LogP contribution in [0.2, 0.25) is 0 Å². The number of carbonyl (C=O) groups is 1. The maximum absolute atomic E-state index is 12.4. The third-order valence-electron chi connectivity index (χ3n) is 3.36. The van der Waals surface area contributed by atoms with Crippen LogP contribution in [-0.4, -0.2) is 66.0 Å². The Morgan fingerprint density at radius 2 is 2.00 bits per heavy atom. The Morgan fingerprint density at radius 1 is 1.35 bits per heavy atom. The van der Waals surface area contributed by atoms with Crippen LogP contribution in [0.25, 0.3) is 0 Å². The van der Waals surface area contributed by atoms with E-state index in [1.807, 2.05) is 20.8 Å². The van der Waals surface area contributed by atoms with Crippen LogP contribution in [0, 0.1) is 0 Å². The molecule has 128 valence electrons. The maximum atomic E-state index is 12.4. The van der Waals surface area contributed by atoms with E-state index in [1.54, 1.807) is 24.4 Å². The number of methoxy groups -OCH3 is 1. The molecule has 1 aromatic rings. The molecule has 0 bridgehead atoms. The number of ether oxygens (including phenoxy) is 2. The van der Waals surface area contributed by atoms with Crippen LogP contribution in [-0.2, 0) is 9.47 Å². The summed E-state index contributed by atoms with van der Waals surface area (Å²) >= 11 is 3.33. The SMILES string of the molecule is COC[C@H]1CN(c2ncc(Br)cn2)CCN1C(=O)OC(C)(C)C. The van der Waals surface area contributed by atoms with Crippen LogP contribution in [0.1, 0.15) is 20.8 Å². The topological polar surface area (TPSA) is 67.8 Å². The van der Waals surface area contributed by atoms with E-state index in [9.17, 15) is 4.79 Å². The third kappa shape index (κ3) is 5.04. The molecule has 1 amide bonds. The van der Waals surface area contributed by atoms with Crippen molar-refractivity contribution in [3.05, 3.63) is 16.9 Å². The van der Waals surface area contributed by atoms with Gasteiger partial charge in [0.05, 0.1) is 17.1 Å². The summed E-state index contributed by atoms with van der Waals surface area (Å²) in [5, 5.41) is 0. The van der Waals surface area contributed by atoms with Gasteiger partial charge in [-0.3, -0.25) is 4.90 Å². The van der Waals surface area contributed by atoms with Crippen molar-refractivity contribution in [2.45, 2.75) is 32.4 Å². The molecule has 0 radical (unpaired) electrons.